The van der Waals surface area contributed by atoms with Gasteiger partial charge in [0.15, 0.2) is 11.5 Å². The second kappa shape index (κ2) is 7.78. The van der Waals surface area contributed by atoms with Crippen molar-refractivity contribution in [3.63, 3.8) is 0 Å². The largest absolute Gasteiger partial charge is 0.496 e. The van der Waals surface area contributed by atoms with Crippen LogP contribution in [0.2, 0.25) is 0 Å². The molecule has 0 radical (unpaired) electrons. The maximum absolute atomic E-state index is 13.2. The first kappa shape index (κ1) is 19.3. The van der Waals surface area contributed by atoms with Gasteiger partial charge in [0.2, 0.25) is 6.79 Å². The Kier molecular flexibility index (Phi) is 5.01. The van der Waals surface area contributed by atoms with Crippen molar-refractivity contribution >= 4 is 29.6 Å². The fraction of sp³-hybridized carbons (Fsp3) is 0.190. The van der Waals surface area contributed by atoms with E-state index in [4.69, 9.17) is 18.9 Å². The van der Waals surface area contributed by atoms with Crippen molar-refractivity contribution in [1.29, 1.82) is 0 Å². The number of anilines is 1. The van der Waals surface area contributed by atoms with Crippen LogP contribution in [0.5, 0.6) is 23.0 Å². The minimum absolute atomic E-state index is 0.0639. The van der Waals surface area contributed by atoms with Gasteiger partial charge in [-0.3, -0.25) is 14.9 Å². The van der Waals surface area contributed by atoms with Gasteiger partial charge in [0.1, 0.15) is 17.1 Å². The molecule has 0 aromatic heterocycles. The third kappa shape index (κ3) is 3.30. The Hall–Kier alpha value is -4.01. The van der Waals surface area contributed by atoms with Gasteiger partial charge in [-0.2, -0.15) is 0 Å². The fourth-order valence-electron chi connectivity index (χ4n) is 3.18. The molecule has 154 valence electrons. The predicted octanol–water partition coefficient (Wildman–Crippen LogP) is 2.49. The number of rotatable bonds is 5. The lowest BCUT2D eigenvalue weighted by molar-refractivity contribution is -0.122. The van der Waals surface area contributed by atoms with E-state index >= 15 is 0 Å². The molecular weight excluding hydrogens is 392 g/mol. The van der Waals surface area contributed by atoms with Crippen molar-refractivity contribution in [2.75, 3.05) is 25.4 Å². The number of nitrogens with one attached hydrogen (secondary N) is 1. The van der Waals surface area contributed by atoms with Crippen molar-refractivity contribution < 1.29 is 33.3 Å². The van der Waals surface area contributed by atoms with Gasteiger partial charge in [-0.15, -0.1) is 0 Å². The molecule has 1 fully saturated rings. The number of fused-ring (bicyclic) bond motifs is 1. The maximum atomic E-state index is 13.2. The maximum Gasteiger partial charge on any atom is 0.336 e. The topological polar surface area (TPSA) is 103 Å². The van der Waals surface area contributed by atoms with Crippen LogP contribution in [0.3, 0.4) is 0 Å². The van der Waals surface area contributed by atoms with Crippen molar-refractivity contribution in [2.45, 2.75) is 6.92 Å². The summed E-state index contributed by atoms with van der Waals surface area (Å²) in [7, 11) is 1.45. The van der Waals surface area contributed by atoms with Gasteiger partial charge in [-0.25, -0.2) is 9.69 Å². The number of carbonyl (C=O) groups excluding carboxylic acids is 3. The number of ether oxygens (including phenoxy) is 4. The van der Waals surface area contributed by atoms with Crippen molar-refractivity contribution in [1.82, 2.24) is 5.32 Å². The molecule has 1 N–H and O–H groups in total. The molecule has 0 saturated carbocycles. The molecule has 4 rings (SSSR count). The van der Waals surface area contributed by atoms with Crippen LogP contribution >= 0.6 is 0 Å². The van der Waals surface area contributed by atoms with Crippen LogP contribution in [0.1, 0.15) is 12.5 Å². The first-order valence-corrected chi connectivity index (χ1v) is 9.14. The number of hydrogen-bond acceptors (Lipinski definition) is 7. The molecule has 4 amide bonds. The van der Waals surface area contributed by atoms with Gasteiger partial charge >= 0.3 is 6.03 Å². The fourth-order valence-corrected chi connectivity index (χ4v) is 3.18. The first-order valence-electron chi connectivity index (χ1n) is 9.14. The molecule has 0 spiro atoms. The molecule has 0 atom stereocenters. The van der Waals surface area contributed by atoms with E-state index in [1.807, 2.05) is 0 Å². The molecular formula is C21H18N2O7. The van der Waals surface area contributed by atoms with Crippen molar-refractivity contribution in [3.8, 4) is 23.0 Å². The van der Waals surface area contributed by atoms with E-state index in [0.29, 0.717) is 35.2 Å². The van der Waals surface area contributed by atoms with Crippen LogP contribution in [-0.2, 0) is 9.59 Å². The Morgan fingerprint density at radius 1 is 1.10 bits per heavy atom. The Labute approximate surface area is 171 Å². The van der Waals surface area contributed by atoms with Gasteiger partial charge in [0.25, 0.3) is 11.8 Å². The van der Waals surface area contributed by atoms with Crippen molar-refractivity contribution in [3.05, 3.63) is 47.5 Å². The molecule has 2 aromatic carbocycles. The quantitative estimate of drug-likeness (QED) is 0.597. The molecule has 1 saturated heterocycles. The molecule has 9 heteroatoms. The Morgan fingerprint density at radius 3 is 2.57 bits per heavy atom. The number of para-hydroxylation sites is 2. The Bertz CT molecular complexity index is 1080. The van der Waals surface area contributed by atoms with Gasteiger partial charge in [0, 0.05) is 11.6 Å². The highest BCUT2D eigenvalue weighted by atomic mass is 16.7. The lowest BCUT2D eigenvalue weighted by Crippen LogP contribution is -2.54. The van der Waals surface area contributed by atoms with Crippen LogP contribution in [0, 0.1) is 0 Å². The summed E-state index contributed by atoms with van der Waals surface area (Å²) in [6, 6.07) is 8.94. The zero-order valence-electron chi connectivity index (χ0n) is 16.3. The third-order valence-electron chi connectivity index (χ3n) is 4.53. The number of nitrogens with zero attached hydrogens (tertiary/aromatic N) is 1. The minimum Gasteiger partial charge on any atom is -0.496 e. The predicted molar refractivity (Wildman–Crippen MR) is 106 cm³/mol. The van der Waals surface area contributed by atoms with E-state index in [0.717, 1.165) is 4.90 Å². The summed E-state index contributed by atoms with van der Waals surface area (Å²) in [6.45, 7) is 2.20. The van der Waals surface area contributed by atoms with Crippen LogP contribution in [-0.4, -0.2) is 38.4 Å². The van der Waals surface area contributed by atoms with E-state index in [-0.39, 0.29) is 18.1 Å². The van der Waals surface area contributed by atoms with E-state index < -0.39 is 17.8 Å². The summed E-state index contributed by atoms with van der Waals surface area (Å²) in [5, 5.41) is 2.19. The minimum atomic E-state index is -0.855. The zero-order chi connectivity index (χ0) is 21.3. The number of urea groups is 1. The number of imide groups is 2. The van der Waals surface area contributed by atoms with Crippen LogP contribution in [0.4, 0.5) is 10.5 Å². The van der Waals surface area contributed by atoms with Crippen molar-refractivity contribution in [2.24, 2.45) is 0 Å². The standard InChI is InChI=1S/C21H18N2O7/c1-3-28-15-7-5-4-6-14(15)23-20(25)13(19(24)22-21(23)26)8-12-9-17-18(30-11-29-17)10-16(12)27-2/h4-10H,3,11H2,1-2H3,(H,22,24,26)/b13-8+. The lowest BCUT2D eigenvalue weighted by Gasteiger charge is -2.27. The third-order valence-corrected chi connectivity index (χ3v) is 4.53. The molecule has 0 unspecified atom stereocenters. The van der Waals surface area contributed by atoms with Crippen LogP contribution < -0.4 is 29.2 Å². The molecule has 2 aromatic rings. The molecule has 2 aliphatic heterocycles. The van der Waals surface area contributed by atoms with Crippen LogP contribution in [0.25, 0.3) is 6.08 Å². The summed E-state index contributed by atoms with van der Waals surface area (Å²) in [6.07, 6.45) is 1.35. The molecule has 2 heterocycles. The molecule has 0 aliphatic carbocycles. The summed E-state index contributed by atoms with van der Waals surface area (Å²) < 4.78 is 21.5. The van der Waals surface area contributed by atoms with E-state index in [9.17, 15) is 14.4 Å². The normalized spacial score (nSPS) is 16.7. The molecule has 2 aliphatic rings. The van der Waals surface area contributed by atoms with E-state index in [1.54, 1.807) is 43.3 Å². The molecule has 9 nitrogen and oxygen atoms in total. The number of benzene rings is 2. The highest BCUT2D eigenvalue weighted by Gasteiger charge is 2.38. The zero-order valence-corrected chi connectivity index (χ0v) is 16.3. The number of methoxy groups -OCH3 is 1. The van der Waals surface area contributed by atoms with Gasteiger partial charge in [0.05, 0.1) is 19.4 Å². The van der Waals surface area contributed by atoms with E-state index in [1.165, 1.54) is 13.2 Å². The number of carbonyl (C=O) groups is 3. The van der Waals surface area contributed by atoms with Gasteiger partial charge in [-0.05, 0) is 31.2 Å². The van der Waals surface area contributed by atoms with E-state index in [2.05, 4.69) is 5.32 Å². The van der Waals surface area contributed by atoms with Gasteiger partial charge in [-0.1, -0.05) is 12.1 Å². The lowest BCUT2D eigenvalue weighted by atomic mass is 10.1. The van der Waals surface area contributed by atoms with Gasteiger partial charge < -0.3 is 18.9 Å². The smallest absolute Gasteiger partial charge is 0.336 e. The number of amides is 4. The average Bonchev–Trinajstić information content (AvgIpc) is 3.19. The monoisotopic (exact) mass is 410 g/mol. The first-order chi connectivity index (χ1) is 14.5. The second-order valence-electron chi connectivity index (χ2n) is 6.31. The SMILES string of the molecule is CCOc1ccccc1N1C(=O)NC(=O)/C(=C\c2cc3c(cc2OC)OCO3)C1=O. The second-order valence-corrected chi connectivity index (χ2v) is 6.31. The summed E-state index contributed by atoms with van der Waals surface area (Å²) in [5.74, 6) is 0.0886. The summed E-state index contributed by atoms with van der Waals surface area (Å²) >= 11 is 0. The number of barbiturate groups is 1. The highest BCUT2D eigenvalue weighted by Crippen LogP contribution is 2.39. The Balaban J connectivity index is 1.77. The number of hydrogen-bond donors (Lipinski definition) is 1. The molecule has 30 heavy (non-hydrogen) atoms. The summed E-state index contributed by atoms with van der Waals surface area (Å²) in [5.41, 5.74) is 0.420. The molecule has 0 bridgehead atoms. The highest BCUT2D eigenvalue weighted by molar-refractivity contribution is 6.39. The average molecular weight is 410 g/mol. The summed E-state index contributed by atoms with van der Waals surface area (Å²) in [4.78, 5) is 39.0. The Morgan fingerprint density at radius 2 is 1.83 bits per heavy atom. The van der Waals surface area contributed by atoms with Crippen LogP contribution in [0.15, 0.2) is 42.0 Å².